The Morgan fingerprint density at radius 1 is 0.943 bits per heavy atom. The average Bonchev–Trinajstić information content (AvgIpc) is 3.38. The first-order valence-electron chi connectivity index (χ1n) is 11.4. The van der Waals surface area contributed by atoms with Gasteiger partial charge in [0.15, 0.2) is 4.32 Å². The first kappa shape index (κ1) is 23.3. The minimum Gasteiger partial charge on any atom is -0.308 e. The molecule has 2 amide bonds. The van der Waals surface area contributed by atoms with Gasteiger partial charge < -0.3 is 4.90 Å². The van der Waals surface area contributed by atoms with Crippen LogP contribution in [-0.4, -0.2) is 32.0 Å². The molecule has 1 fully saturated rings. The summed E-state index contributed by atoms with van der Waals surface area (Å²) in [4.78, 5) is 44.1. The van der Waals surface area contributed by atoms with Crippen molar-refractivity contribution in [1.29, 1.82) is 0 Å². The van der Waals surface area contributed by atoms with Crippen LogP contribution in [0, 0.1) is 6.92 Å². The molecule has 3 heterocycles. The maximum Gasteiger partial charge on any atom is 0.296 e. The lowest BCUT2D eigenvalue weighted by atomic mass is 10.1. The highest BCUT2D eigenvalue weighted by atomic mass is 32.2. The Balaban J connectivity index is 1.63. The molecule has 0 radical (unpaired) electrons. The first-order chi connectivity index (χ1) is 16.9. The van der Waals surface area contributed by atoms with Crippen LogP contribution in [0.4, 0.5) is 11.4 Å². The number of nitrogens with zero attached hydrogens (tertiary/aromatic N) is 4. The van der Waals surface area contributed by atoms with Crippen molar-refractivity contribution in [2.75, 3.05) is 16.3 Å². The van der Waals surface area contributed by atoms with E-state index < -0.39 is 5.91 Å². The van der Waals surface area contributed by atoms with Gasteiger partial charge in [-0.25, -0.2) is 4.68 Å². The molecule has 5 rings (SSSR count). The number of aromatic nitrogens is 2. The number of carbonyl (C=O) groups is 2. The zero-order chi connectivity index (χ0) is 24.9. The smallest absolute Gasteiger partial charge is 0.296 e. The number of hydrogen-bond acceptors (Lipinski definition) is 5. The van der Waals surface area contributed by atoms with E-state index in [0.717, 1.165) is 35.9 Å². The van der Waals surface area contributed by atoms with E-state index in [2.05, 4.69) is 6.92 Å². The van der Waals surface area contributed by atoms with Crippen LogP contribution in [0.5, 0.6) is 0 Å². The Bertz CT molecular complexity index is 1470. The van der Waals surface area contributed by atoms with Gasteiger partial charge in [0.2, 0.25) is 0 Å². The number of unbranched alkanes of at least 4 members (excludes halogenated alkanes) is 1. The van der Waals surface area contributed by atoms with E-state index in [1.807, 2.05) is 54.6 Å². The van der Waals surface area contributed by atoms with Gasteiger partial charge in [0, 0.05) is 19.2 Å². The summed E-state index contributed by atoms with van der Waals surface area (Å²) in [6.45, 7) is 4.43. The van der Waals surface area contributed by atoms with Crippen LogP contribution in [0.25, 0.3) is 11.3 Å². The quantitative estimate of drug-likeness (QED) is 0.380. The molecule has 7 nitrogen and oxygen atoms in total. The summed E-state index contributed by atoms with van der Waals surface area (Å²) in [5, 5.41) is 0. The summed E-state index contributed by atoms with van der Waals surface area (Å²) in [5.41, 5.74) is 3.02. The predicted octanol–water partition coefficient (Wildman–Crippen LogP) is 4.41. The maximum atomic E-state index is 13.8. The van der Waals surface area contributed by atoms with E-state index in [9.17, 15) is 14.4 Å². The largest absolute Gasteiger partial charge is 0.308 e. The highest BCUT2D eigenvalue weighted by Crippen LogP contribution is 2.45. The van der Waals surface area contributed by atoms with E-state index in [0.29, 0.717) is 23.5 Å². The minimum atomic E-state index is -0.443. The van der Waals surface area contributed by atoms with Gasteiger partial charge in [-0.05, 0) is 31.5 Å². The SMILES string of the molecule is CCCCN1C(=O)C(=C2SC(=S)N(c3c(C)n(C)n(-c4ccccc4)c3=O)C2=O)c2ccccc21. The highest BCUT2D eigenvalue weighted by molar-refractivity contribution is 8.27. The molecule has 1 aromatic heterocycles. The average molecular weight is 505 g/mol. The van der Waals surface area contributed by atoms with Gasteiger partial charge >= 0.3 is 0 Å². The number of carbonyl (C=O) groups excluding carboxylic acids is 2. The Labute approximate surface area is 212 Å². The lowest BCUT2D eigenvalue weighted by Gasteiger charge is -2.16. The van der Waals surface area contributed by atoms with Crippen molar-refractivity contribution in [3.05, 3.63) is 81.1 Å². The Morgan fingerprint density at radius 3 is 2.34 bits per heavy atom. The van der Waals surface area contributed by atoms with Crippen LogP contribution >= 0.6 is 24.0 Å². The highest BCUT2D eigenvalue weighted by Gasteiger charge is 2.44. The fraction of sp³-hybridized carbons (Fsp3) is 0.231. The number of thioether (sulfide) groups is 1. The molecule has 3 aromatic rings. The summed E-state index contributed by atoms with van der Waals surface area (Å²) >= 11 is 6.67. The number of fused-ring (bicyclic) bond motifs is 1. The van der Waals surface area contributed by atoms with Crippen LogP contribution in [-0.2, 0) is 16.6 Å². The molecular formula is C26H24N4O3S2. The molecule has 35 heavy (non-hydrogen) atoms. The third-order valence-electron chi connectivity index (χ3n) is 6.40. The molecule has 0 saturated carbocycles. The number of rotatable bonds is 5. The fourth-order valence-corrected chi connectivity index (χ4v) is 5.90. The van der Waals surface area contributed by atoms with Gasteiger partial charge in [0.25, 0.3) is 17.4 Å². The topological polar surface area (TPSA) is 67.6 Å². The van der Waals surface area contributed by atoms with E-state index in [1.54, 1.807) is 23.6 Å². The molecule has 0 bridgehead atoms. The van der Waals surface area contributed by atoms with Crippen LogP contribution in [0.15, 0.2) is 64.3 Å². The Hall–Kier alpha value is -3.43. The summed E-state index contributed by atoms with van der Waals surface area (Å²) in [6, 6.07) is 16.7. The second-order valence-electron chi connectivity index (χ2n) is 8.45. The standard InChI is InChI=1S/C26H24N4O3S2/c1-4-5-15-28-19-14-10-9-13-18(19)20(23(28)31)22-25(33)29(26(34)35-22)21-16(2)27(3)30(24(21)32)17-11-7-6-8-12-17/h6-14H,4-5,15H2,1-3H3. The molecule has 0 spiro atoms. The van der Waals surface area contributed by atoms with Gasteiger partial charge in [-0.15, -0.1) is 0 Å². The van der Waals surface area contributed by atoms with Gasteiger partial charge in [0.1, 0.15) is 5.69 Å². The van der Waals surface area contributed by atoms with E-state index in [1.165, 1.54) is 9.58 Å². The molecular weight excluding hydrogens is 480 g/mol. The summed E-state index contributed by atoms with van der Waals surface area (Å²) in [5.74, 6) is -0.645. The van der Waals surface area contributed by atoms with E-state index >= 15 is 0 Å². The predicted molar refractivity (Wildman–Crippen MR) is 144 cm³/mol. The number of hydrogen-bond donors (Lipinski definition) is 0. The zero-order valence-corrected chi connectivity index (χ0v) is 21.3. The van der Waals surface area contributed by atoms with Crippen molar-refractivity contribution in [2.45, 2.75) is 26.7 Å². The number of thiocarbonyl (C=S) groups is 1. The van der Waals surface area contributed by atoms with Crippen LogP contribution in [0.1, 0.15) is 31.0 Å². The van der Waals surface area contributed by atoms with Crippen LogP contribution in [0.2, 0.25) is 0 Å². The maximum absolute atomic E-state index is 13.8. The molecule has 0 aliphatic carbocycles. The van der Waals surface area contributed by atoms with Crippen molar-refractivity contribution in [2.24, 2.45) is 7.05 Å². The van der Waals surface area contributed by atoms with E-state index in [4.69, 9.17) is 12.2 Å². The zero-order valence-electron chi connectivity index (χ0n) is 19.6. The molecule has 178 valence electrons. The normalized spacial score (nSPS) is 17.6. The molecule has 2 aromatic carbocycles. The van der Waals surface area contributed by atoms with Gasteiger partial charge in [0.05, 0.1) is 27.5 Å². The molecule has 1 saturated heterocycles. The minimum absolute atomic E-state index is 0.202. The molecule has 0 unspecified atom stereocenters. The van der Waals surface area contributed by atoms with Crippen LogP contribution < -0.4 is 15.4 Å². The first-order valence-corrected chi connectivity index (χ1v) is 12.6. The van der Waals surface area contributed by atoms with E-state index in [-0.39, 0.29) is 26.4 Å². The molecule has 9 heteroatoms. The van der Waals surface area contributed by atoms with Gasteiger partial charge in [-0.3, -0.25) is 24.0 Å². The Morgan fingerprint density at radius 2 is 1.63 bits per heavy atom. The van der Waals surface area contributed by atoms with Gasteiger partial charge in [-0.1, -0.05) is 73.7 Å². The van der Waals surface area contributed by atoms with Crippen molar-refractivity contribution < 1.29 is 9.59 Å². The van der Waals surface area contributed by atoms with Gasteiger partial charge in [-0.2, -0.15) is 0 Å². The van der Waals surface area contributed by atoms with Crippen molar-refractivity contribution in [3.63, 3.8) is 0 Å². The van der Waals surface area contributed by atoms with Crippen molar-refractivity contribution >= 4 is 57.1 Å². The summed E-state index contributed by atoms with van der Waals surface area (Å²) < 4.78 is 3.46. The number of anilines is 2. The second kappa shape index (κ2) is 8.98. The molecule has 0 N–H and O–H groups in total. The lowest BCUT2D eigenvalue weighted by Crippen LogP contribution is -2.33. The summed E-state index contributed by atoms with van der Waals surface area (Å²) in [7, 11) is 1.77. The lowest BCUT2D eigenvalue weighted by molar-refractivity contribution is -0.115. The third-order valence-corrected chi connectivity index (χ3v) is 7.77. The molecule has 0 atom stereocenters. The Kier molecular flexibility index (Phi) is 5.98. The summed E-state index contributed by atoms with van der Waals surface area (Å²) in [6.07, 6.45) is 1.81. The molecule has 2 aliphatic heterocycles. The number of amides is 2. The monoisotopic (exact) mass is 504 g/mol. The second-order valence-corrected chi connectivity index (χ2v) is 10.1. The number of benzene rings is 2. The third kappa shape index (κ3) is 3.57. The van der Waals surface area contributed by atoms with Crippen molar-refractivity contribution in [3.8, 4) is 5.69 Å². The number of para-hydroxylation sites is 2. The van der Waals surface area contributed by atoms with Crippen LogP contribution in [0.3, 0.4) is 0 Å². The van der Waals surface area contributed by atoms with Crippen molar-refractivity contribution in [1.82, 2.24) is 9.36 Å². The fourth-order valence-electron chi connectivity index (χ4n) is 4.56. The molecule has 2 aliphatic rings.